The van der Waals surface area contributed by atoms with Crippen molar-refractivity contribution in [3.63, 3.8) is 0 Å². The van der Waals surface area contributed by atoms with Gasteiger partial charge in [-0.15, -0.1) is 0 Å². The molecule has 0 unspecified atom stereocenters. The summed E-state index contributed by atoms with van der Waals surface area (Å²) >= 11 is 0. The maximum Gasteiger partial charge on any atom is 0.417 e. The Hall–Kier alpha value is -0.290. The second-order valence-electron chi connectivity index (χ2n) is 5.19. The van der Waals surface area contributed by atoms with Gasteiger partial charge in [0, 0.05) is 18.6 Å². The number of aliphatic hydroxyl groups is 1. The van der Waals surface area contributed by atoms with Crippen LogP contribution in [0.5, 0.6) is 0 Å². The summed E-state index contributed by atoms with van der Waals surface area (Å²) < 4.78 is 37.4. The fraction of sp³-hybridized carbons (Fsp3) is 1.00. The first-order valence-electron chi connectivity index (χ1n) is 5.10. The molecule has 0 aliphatic carbocycles. The number of likely N-dealkylation sites (tertiary alicyclic amines) is 1. The average Bonchev–Trinajstić information content (AvgIpc) is 2.01. The Kier molecular flexibility index (Phi) is 3.09. The fourth-order valence-electron chi connectivity index (χ4n) is 1.83. The van der Waals surface area contributed by atoms with Gasteiger partial charge in [0.05, 0.1) is 0 Å². The number of rotatable bonds is 0. The van der Waals surface area contributed by atoms with Crippen LogP contribution >= 0.6 is 0 Å². The molecular formula is C10H18F3NO. The Morgan fingerprint density at radius 2 is 1.47 bits per heavy atom. The molecule has 5 heteroatoms. The molecular weight excluding hydrogens is 207 g/mol. The Morgan fingerprint density at radius 3 is 1.73 bits per heavy atom. The molecule has 0 amide bonds. The second-order valence-corrected chi connectivity index (χ2v) is 5.19. The molecule has 2 nitrogen and oxygen atoms in total. The van der Waals surface area contributed by atoms with Crippen LogP contribution in [0, 0.1) is 0 Å². The first-order valence-corrected chi connectivity index (χ1v) is 5.10. The third-order valence-corrected chi connectivity index (χ3v) is 3.07. The number of hydrogen-bond acceptors (Lipinski definition) is 2. The van der Waals surface area contributed by atoms with E-state index in [9.17, 15) is 18.3 Å². The smallest absolute Gasteiger partial charge is 0.380 e. The highest BCUT2D eigenvalue weighted by Crippen LogP contribution is 2.39. The highest BCUT2D eigenvalue weighted by molar-refractivity contribution is 4.94. The highest BCUT2D eigenvalue weighted by Gasteiger charge is 2.55. The predicted molar refractivity (Wildman–Crippen MR) is 51.6 cm³/mol. The summed E-state index contributed by atoms with van der Waals surface area (Å²) in [5, 5.41) is 9.44. The van der Waals surface area contributed by atoms with Crippen molar-refractivity contribution in [3.05, 3.63) is 0 Å². The van der Waals surface area contributed by atoms with Crippen molar-refractivity contribution in [2.45, 2.75) is 50.9 Å². The van der Waals surface area contributed by atoms with Crippen molar-refractivity contribution in [3.8, 4) is 0 Å². The molecule has 1 aliphatic heterocycles. The van der Waals surface area contributed by atoms with Crippen LogP contribution in [0.25, 0.3) is 0 Å². The highest BCUT2D eigenvalue weighted by atomic mass is 19.4. The molecule has 0 aromatic rings. The van der Waals surface area contributed by atoms with E-state index < -0.39 is 11.8 Å². The molecule has 90 valence electrons. The third-order valence-electron chi connectivity index (χ3n) is 3.07. The zero-order valence-corrected chi connectivity index (χ0v) is 9.36. The molecule has 1 aliphatic rings. The van der Waals surface area contributed by atoms with E-state index in [0.29, 0.717) is 13.1 Å². The van der Waals surface area contributed by atoms with Gasteiger partial charge in [0.1, 0.15) is 0 Å². The topological polar surface area (TPSA) is 23.5 Å². The molecule has 1 saturated heterocycles. The van der Waals surface area contributed by atoms with Crippen LogP contribution in [-0.2, 0) is 0 Å². The first-order chi connectivity index (χ1) is 6.56. The van der Waals surface area contributed by atoms with Gasteiger partial charge in [-0.1, -0.05) is 0 Å². The number of piperidine rings is 1. The Morgan fingerprint density at radius 1 is 1.07 bits per heavy atom. The van der Waals surface area contributed by atoms with E-state index in [1.165, 1.54) is 0 Å². The maximum absolute atomic E-state index is 12.5. The molecule has 15 heavy (non-hydrogen) atoms. The molecule has 0 spiro atoms. The lowest BCUT2D eigenvalue weighted by Gasteiger charge is -2.44. The van der Waals surface area contributed by atoms with Gasteiger partial charge < -0.3 is 5.11 Å². The van der Waals surface area contributed by atoms with Crippen LogP contribution in [0.4, 0.5) is 13.2 Å². The maximum atomic E-state index is 12.5. The SMILES string of the molecule is CC(C)(C)N1CCC(O)(C(F)(F)F)CC1. The van der Waals surface area contributed by atoms with Crippen LogP contribution < -0.4 is 0 Å². The lowest BCUT2D eigenvalue weighted by molar-refractivity contribution is -0.274. The predicted octanol–water partition coefficient (Wildman–Crippen LogP) is 2.17. The largest absolute Gasteiger partial charge is 0.417 e. The van der Waals surface area contributed by atoms with Gasteiger partial charge >= 0.3 is 6.18 Å². The quantitative estimate of drug-likeness (QED) is 0.683. The van der Waals surface area contributed by atoms with Gasteiger partial charge in [-0.3, -0.25) is 4.90 Å². The van der Waals surface area contributed by atoms with Gasteiger partial charge in [-0.05, 0) is 33.6 Å². The van der Waals surface area contributed by atoms with Crippen LogP contribution in [0.15, 0.2) is 0 Å². The van der Waals surface area contributed by atoms with Crippen molar-refractivity contribution in [2.24, 2.45) is 0 Å². The van der Waals surface area contributed by atoms with E-state index in [1.807, 2.05) is 25.7 Å². The normalized spacial score (nSPS) is 24.2. The van der Waals surface area contributed by atoms with Gasteiger partial charge in [0.15, 0.2) is 5.60 Å². The molecule has 0 atom stereocenters. The van der Waals surface area contributed by atoms with Crippen molar-refractivity contribution in [2.75, 3.05) is 13.1 Å². The van der Waals surface area contributed by atoms with E-state index in [4.69, 9.17) is 0 Å². The minimum absolute atomic E-state index is 0.132. The van der Waals surface area contributed by atoms with Crippen LogP contribution in [0.3, 0.4) is 0 Å². The number of alkyl halides is 3. The Bertz CT molecular complexity index is 224. The summed E-state index contributed by atoms with van der Waals surface area (Å²) in [6.45, 7) is 6.47. The van der Waals surface area contributed by atoms with Crippen molar-refractivity contribution in [1.29, 1.82) is 0 Å². The summed E-state index contributed by atoms with van der Waals surface area (Å²) in [5.41, 5.74) is -2.61. The molecule has 1 fully saturated rings. The monoisotopic (exact) mass is 225 g/mol. The second kappa shape index (κ2) is 3.63. The zero-order valence-electron chi connectivity index (χ0n) is 9.36. The standard InChI is InChI=1S/C10H18F3NO/c1-8(2,3)14-6-4-9(15,5-7-14)10(11,12)13/h15H,4-7H2,1-3H3. The third kappa shape index (κ3) is 2.64. The Balaban J connectivity index is 2.64. The van der Waals surface area contributed by atoms with Gasteiger partial charge in [-0.2, -0.15) is 13.2 Å². The Labute approximate surface area is 88.1 Å². The number of halogens is 3. The molecule has 0 aromatic carbocycles. The first kappa shape index (κ1) is 12.8. The molecule has 1 rings (SSSR count). The summed E-state index contributed by atoms with van der Waals surface area (Å²) in [6.07, 6.45) is -4.96. The van der Waals surface area contributed by atoms with E-state index >= 15 is 0 Å². The molecule has 1 N–H and O–H groups in total. The summed E-state index contributed by atoms with van der Waals surface area (Å²) in [5.74, 6) is 0. The molecule has 0 bridgehead atoms. The van der Waals surface area contributed by atoms with E-state index in [0.717, 1.165) is 0 Å². The molecule has 0 aromatic heterocycles. The molecule has 1 heterocycles. The summed E-state index contributed by atoms with van der Waals surface area (Å²) in [7, 11) is 0. The minimum atomic E-state index is -4.50. The van der Waals surface area contributed by atoms with E-state index in [1.54, 1.807) is 0 Å². The van der Waals surface area contributed by atoms with Crippen LogP contribution in [-0.4, -0.2) is 40.4 Å². The van der Waals surface area contributed by atoms with Gasteiger partial charge in [0.2, 0.25) is 0 Å². The average molecular weight is 225 g/mol. The number of nitrogens with zero attached hydrogens (tertiary/aromatic N) is 1. The van der Waals surface area contributed by atoms with Gasteiger partial charge in [-0.25, -0.2) is 0 Å². The van der Waals surface area contributed by atoms with Crippen LogP contribution in [0.1, 0.15) is 33.6 Å². The zero-order chi connectivity index (χ0) is 11.9. The summed E-state index contributed by atoms with van der Waals surface area (Å²) in [6, 6.07) is 0. The van der Waals surface area contributed by atoms with Crippen LogP contribution in [0.2, 0.25) is 0 Å². The van der Waals surface area contributed by atoms with Gasteiger partial charge in [0.25, 0.3) is 0 Å². The lowest BCUT2D eigenvalue weighted by atomic mass is 9.88. The summed E-state index contributed by atoms with van der Waals surface area (Å²) in [4.78, 5) is 1.97. The fourth-order valence-corrected chi connectivity index (χ4v) is 1.83. The number of hydrogen-bond donors (Lipinski definition) is 1. The lowest BCUT2D eigenvalue weighted by Crippen LogP contribution is -2.56. The molecule has 0 radical (unpaired) electrons. The minimum Gasteiger partial charge on any atom is -0.380 e. The van der Waals surface area contributed by atoms with E-state index in [2.05, 4.69) is 0 Å². The van der Waals surface area contributed by atoms with E-state index in [-0.39, 0.29) is 18.4 Å². The van der Waals surface area contributed by atoms with Crippen molar-refractivity contribution >= 4 is 0 Å². The molecule has 0 saturated carbocycles. The van der Waals surface area contributed by atoms with Crippen molar-refractivity contribution < 1.29 is 18.3 Å². The van der Waals surface area contributed by atoms with Crippen molar-refractivity contribution in [1.82, 2.24) is 4.90 Å².